The molecule has 0 spiro atoms. The summed E-state index contributed by atoms with van der Waals surface area (Å²) in [6, 6.07) is 0. The maximum absolute atomic E-state index is 7.57. The standard InChI is InChI=1S/C12H22N2O/c1-12(2,3)14(4)8-7-11(13)15-9-10-5-6-10/h7-8,10,13H,5-6,9H2,1-4H3/b8-7-,13-11?. The lowest BCUT2D eigenvalue weighted by Gasteiger charge is -2.30. The molecular formula is C12H22N2O. The van der Waals surface area contributed by atoms with E-state index in [0.29, 0.717) is 12.5 Å². The van der Waals surface area contributed by atoms with E-state index < -0.39 is 0 Å². The van der Waals surface area contributed by atoms with Crippen LogP contribution in [0.4, 0.5) is 0 Å². The predicted molar refractivity (Wildman–Crippen MR) is 63.1 cm³/mol. The van der Waals surface area contributed by atoms with Crippen LogP contribution in [0.2, 0.25) is 0 Å². The van der Waals surface area contributed by atoms with Crippen molar-refractivity contribution in [2.45, 2.75) is 39.2 Å². The number of nitrogens with one attached hydrogen (secondary N) is 1. The van der Waals surface area contributed by atoms with Crippen molar-refractivity contribution >= 4 is 5.90 Å². The van der Waals surface area contributed by atoms with Gasteiger partial charge >= 0.3 is 0 Å². The SMILES string of the molecule is CN(/C=C\C(=N)OCC1CC1)C(C)(C)C. The van der Waals surface area contributed by atoms with Gasteiger partial charge in [0, 0.05) is 24.9 Å². The number of hydrogen-bond donors (Lipinski definition) is 1. The summed E-state index contributed by atoms with van der Waals surface area (Å²) in [6.45, 7) is 7.10. The summed E-state index contributed by atoms with van der Waals surface area (Å²) < 4.78 is 5.30. The Labute approximate surface area is 92.6 Å². The molecule has 0 amide bonds. The Kier molecular flexibility index (Phi) is 3.77. The number of rotatable bonds is 4. The monoisotopic (exact) mass is 210 g/mol. The number of hydrogen-bond acceptors (Lipinski definition) is 3. The van der Waals surface area contributed by atoms with Crippen LogP contribution >= 0.6 is 0 Å². The summed E-state index contributed by atoms with van der Waals surface area (Å²) in [6.07, 6.45) is 6.14. The minimum atomic E-state index is 0.0905. The van der Waals surface area contributed by atoms with Crippen LogP contribution in [0.15, 0.2) is 12.3 Å². The Hall–Kier alpha value is -0.990. The zero-order valence-corrected chi connectivity index (χ0v) is 10.2. The van der Waals surface area contributed by atoms with Crippen LogP contribution < -0.4 is 0 Å². The highest BCUT2D eigenvalue weighted by Crippen LogP contribution is 2.28. The highest BCUT2D eigenvalue weighted by atomic mass is 16.5. The van der Waals surface area contributed by atoms with Crippen LogP contribution in [0, 0.1) is 11.3 Å². The van der Waals surface area contributed by atoms with Crippen molar-refractivity contribution in [1.29, 1.82) is 5.41 Å². The fourth-order valence-electron chi connectivity index (χ4n) is 0.943. The van der Waals surface area contributed by atoms with Crippen LogP contribution in [0.5, 0.6) is 0 Å². The Morgan fingerprint density at radius 2 is 2.07 bits per heavy atom. The van der Waals surface area contributed by atoms with Gasteiger partial charge in [-0.25, -0.2) is 0 Å². The minimum absolute atomic E-state index is 0.0905. The lowest BCUT2D eigenvalue weighted by atomic mass is 10.1. The van der Waals surface area contributed by atoms with E-state index >= 15 is 0 Å². The first kappa shape index (κ1) is 12.1. The molecule has 0 aliphatic heterocycles. The zero-order chi connectivity index (χ0) is 11.5. The molecule has 3 heteroatoms. The van der Waals surface area contributed by atoms with Crippen LogP contribution in [0.25, 0.3) is 0 Å². The first-order chi connectivity index (χ1) is 6.89. The number of ether oxygens (including phenoxy) is 1. The van der Waals surface area contributed by atoms with E-state index in [1.807, 2.05) is 13.2 Å². The van der Waals surface area contributed by atoms with Gasteiger partial charge in [0.25, 0.3) is 0 Å². The molecule has 1 aliphatic rings. The Morgan fingerprint density at radius 3 is 2.53 bits per heavy atom. The molecule has 0 aromatic rings. The Morgan fingerprint density at radius 1 is 1.47 bits per heavy atom. The molecule has 0 saturated heterocycles. The van der Waals surface area contributed by atoms with Crippen molar-refractivity contribution in [2.24, 2.45) is 5.92 Å². The molecule has 1 fully saturated rings. The molecule has 3 nitrogen and oxygen atoms in total. The summed E-state index contributed by atoms with van der Waals surface area (Å²) in [7, 11) is 2.00. The minimum Gasteiger partial charge on any atom is -0.478 e. The fraction of sp³-hybridized carbons (Fsp3) is 0.750. The number of nitrogens with zero attached hydrogens (tertiary/aromatic N) is 1. The summed E-state index contributed by atoms with van der Waals surface area (Å²) in [5.74, 6) is 0.970. The third-order valence-electron chi connectivity index (χ3n) is 2.68. The molecule has 0 aromatic carbocycles. The largest absolute Gasteiger partial charge is 0.478 e. The second-order valence-corrected chi connectivity index (χ2v) is 5.22. The van der Waals surface area contributed by atoms with Crippen molar-refractivity contribution in [1.82, 2.24) is 4.90 Å². The highest BCUT2D eigenvalue weighted by molar-refractivity contribution is 5.84. The fourth-order valence-corrected chi connectivity index (χ4v) is 0.943. The third kappa shape index (κ3) is 4.86. The van der Waals surface area contributed by atoms with E-state index in [1.54, 1.807) is 6.08 Å². The van der Waals surface area contributed by atoms with E-state index in [4.69, 9.17) is 10.1 Å². The molecule has 86 valence electrons. The molecule has 0 aromatic heterocycles. The molecule has 1 aliphatic carbocycles. The molecule has 0 atom stereocenters. The Balaban J connectivity index is 2.25. The summed E-state index contributed by atoms with van der Waals surface area (Å²) in [5.41, 5.74) is 0.0905. The average molecular weight is 210 g/mol. The summed E-state index contributed by atoms with van der Waals surface area (Å²) in [4.78, 5) is 2.07. The Bertz CT molecular complexity index is 249. The van der Waals surface area contributed by atoms with Gasteiger partial charge in [-0.3, -0.25) is 5.41 Å². The van der Waals surface area contributed by atoms with E-state index in [-0.39, 0.29) is 11.4 Å². The highest BCUT2D eigenvalue weighted by Gasteiger charge is 2.22. The van der Waals surface area contributed by atoms with Crippen LogP contribution in [0.3, 0.4) is 0 Å². The normalized spacial score (nSPS) is 16.8. The maximum atomic E-state index is 7.57. The van der Waals surface area contributed by atoms with Gasteiger partial charge in [0.2, 0.25) is 5.90 Å². The molecule has 0 radical (unpaired) electrons. The van der Waals surface area contributed by atoms with Gasteiger partial charge in [0.05, 0.1) is 6.61 Å². The van der Waals surface area contributed by atoms with E-state index in [0.717, 1.165) is 0 Å². The first-order valence-electron chi connectivity index (χ1n) is 5.52. The summed E-state index contributed by atoms with van der Waals surface area (Å²) >= 11 is 0. The molecule has 0 bridgehead atoms. The van der Waals surface area contributed by atoms with E-state index in [9.17, 15) is 0 Å². The molecule has 0 unspecified atom stereocenters. The first-order valence-corrected chi connectivity index (χ1v) is 5.52. The summed E-state index contributed by atoms with van der Waals surface area (Å²) in [5, 5.41) is 7.57. The van der Waals surface area contributed by atoms with Crippen LogP contribution in [-0.2, 0) is 4.74 Å². The average Bonchev–Trinajstić information content (AvgIpc) is 2.92. The maximum Gasteiger partial charge on any atom is 0.207 e. The van der Waals surface area contributed by atoms with E-state index in [1.165, 1.54) is 12.8 Å². The van der Waals surface area contributed by atoms with Crippen molar-refractivity contribution in [2.75, 3.05) is 13.7 Å². The molecule has 0 heterocycles. The van der Waals surface area contributed by atoms with Gasteiger partial charge in [-0.1, -0.05) is 0 Å². The van der Waals surface area contributed by atoms with Gasteiger partial charge in [0.15, 0.2) is 0 Å². The van der Waals surface area contributed by atoms with E-state index in [2.05, 4.69) is 25.7 Å². The lowest BCUT2D eigenvalue weighted by molar-refractivity contribution is 0.248. The third-order valence-corrected chi connectivity index (χ3v) is 2.68. The second kappa shape index (κ2) is 4.69. The molecular weight excluding hydrogens is 188 g/mol. The van der Waals surface area contributed by atoms with Gasteiger partial charge in [-0.2, -0.15) is 0 Å². The van der Waals surface area contributed by atoms with Crippen molar-refractivity contribution in [3.63, 3.8) is 0 Å². The van der Waals surface area contributed by atoms with Crippen molar-refractivity contribution in [3.8, 4) is 0 Å². The van der Waals surface area contributed by atoms with Crippen molar-refractivity contribution < 1.29 is 4.74 Å². The van der Waals surface area contributed by atoms with Crippen molar-refractivity contribution in [3.05, 3.63) is 12.3 Å². The quantitative estimate of drug-likeness (QED) is 0.572. The topological polar surface area (TPSA) is 36.3 Å². The molecule has 1 N–H and O–H groups in total. The molecule has 15 heavy (non-hydrogen) atoms. The second-order valence-electron chi connectivity index (χ2n) is 5.22. The van der Waals surface area contributed by atoms with Gasteiger partial charge < -0.3 is 9.64 Å². The molecule has 1 rings (SSSR count). The van der Waals surface area contributed by atoms with Gasteiger partial charge in [-0.05, 0) is 39.5 Å². The van der Waals surface area contributed by atoms with Crippen LogP contribution in [-0.4, -0.2) is 30.0 Å². The van der Waals surface area contributed by atoms with Gasteiger partial charge in [0.1, 0.15) is 0 Å². The predicted octanol–water partition coefficient (Wildman–Crippen LogP) is 2.63. The molecule has 1 saturated carbocycles. The van der Waals surface area contributed by atoms with Gasteiger partial charge in [-0.15, -0.1) is 0 Å². The van der Waals surface area contributed by atoms with Crippen LogP contribution in [0.1, 0.15) is 33.6 Å². The lowest BCUT2D eigenvalue weighted by Crippen LogP contribution is -2.33. The smallest absolute Gasteiger partial charge is 0.207 e. The zero-order valence-electron chi connectivity index (χ0n) is 10.2.